The third-order valence-corrected chi connectivity index (χ3v) is 3.58. The molecule has 0 saturated heterocycles. The van der Waals surface area contributed by atoms with Crippen molar-refractivity contribution in [3.8, 4) is 11.5 Å². The van der Waals surface area contributed by atoms with Crippen molar-refractivity contribution in [2.45, 2.75) is 12.5 Å². The number of amides is 1. The Morgan fingerprint density at radius 2 is 2.05 bits per heavy atom. The number of para-hydroxylation sites is 2. The highest BCUT2D eigenvalue weighted by molar-refractivity contribution is 5.98. The molecule has 5 nitrogen and oxygen atoms in total. The second-order valence-electron chi connectivity index (χ2n) is 4.94. The van der Waals surface area contributed by atoms with Gasteiger partial charge >= 0.3 is 0 Å². The molecule has 3 rings (SSSR count). The molecule has 1 atom stereocenters. The summed E-state index contributed by atoms with van der Waals surface area (Å²) < 4.78 is 5.56. The summed E-state index contributed by atoms with van der Waals surface area (Å²) in [5.41, 5.74) is 6.93. The van der Waals surface area contributed by atoms with Crippen LogP contribution in [0.2, 0.25) is 0 Å². The fraction of sp³-hybridized carbons (Fsp3) is 0.188. The highest BCUT2D eigenvalue weighted by Crippen LogP contribution is 2.32. The maximum atomic E-state index is 12.3. The van der Waals surface area contributed by atoms with Crippen LogP contribution in [0.1, 0.15) is 28.4 Å². The first-order valence-electron chi connectivity index (χ1n) is 6.77. The van der Waals surface area contributed by atoms with Gasteiger partial charge in [-0.15, -0.1) is 0 Å². The molecular formula is C16H16N2O3. The third-order valence-electron chi connectivity index (χ3n) is 3.58. The molecule has 4 N–H and O–H groups in total. The van der Waals surface area contributed by atoms with E-state index in [-0.39, 0.29) is 28.9 Å². The Hall–Kier alpha value is -2.69. The Morgan fingerprint density at radius 3 is 2.90 bits per heavy atom. The SMILES string of the molecule is Nc1cccc(C(=O)NC2CCOc3ccccc32)c1O. The Balaban J connectivity index is 1.85. The predicted molar refractivity (Wildman–Crippen MR) is 79.3 cm³/mol. The molecule has 108 valence electrons. The summed E-state index contributed by atoms with van der Waals surface area (Å²) >= 11 is 0. The van der Waals surface area contributed by atoms with Gasteiger partial charge in [-0.2, -0.15) is 0 Å². The van der Waals surface area contributed by atoms with Gasteiger partial charge in [0.25, 0.3) is 5.91 Å². The molecule has 2 aromatic rings. The first-order valence-corrected chi connectivity index (χ1v) is 6.77. The zero-order chi connectivity index (χ0) is 14.8. The molecule has 0 bridgehead atoms. The number of rotatable bonds is 2. The zero-order valence-electron chi connectivity index (χ0n) is 11.4. The van der Waals surface area contributed by atoms with Gasteiger partial charge in [-0.05, 0) is 18.2 Å². The molecule has 1 aliphatic heterocycles. The van der Waals surface area contributed by atoms with Gasteiger partial charge < -0.3 is 20.9 Å². The number of phenols is 1. The number of hydrogen-bond donors (Lipinski definition) is 3. The average molecular weight is 284 g/mol. The predicted octanol–water partition coefficient (Wildman–Crippen LogP) is 2.23. The number of anilines is 1. The molecule has 1 unspecified atom stereocenters. The molecule has 0 aliphatic carbocycles. The van der Waals surface area contributed by atoms with E-state index in [0.29, 0.717) is 13.0 Å². The van der Waals surface area contributed by atoms with Crippen LogP contribution in [-0.2, 0) is 0 Å². The maximum Gasteiger partial charge on any atom is 0.255 e. The van der Waals surface area contributed by atoms with E-state index in [4.69, 9.17) is 10.5 Å². The van der Waals surface area contributed by atoms with Gasteiger partial charge in [-0.3, -0.25) is 4.79 Å². The molecule has 0 radical (unpaired) electrons. The molecule has 1 heterocycles. The Morgan fingerprint density at radius 1 is 1.24 bits per heavy atom. The van der Waals surface area contributed by atoms with Crippen molar-refractivity contribution in [3.63, 3.8) is 0 Å². The van der Waals surface area contributed by atoms with Crippen molar-refractivity contribution in [1.29, 1.82) is 0 Å². The fourth-order valence-electron chi connectivity index (χ4n) is 2.47. The third kappa shape index (κ3) is 2.50. The smallest absolute Gasteiger partial charge is 0.255 e. The summed E-state index contributed by atoms with van der Waals surface area (Å²) in [6.07, 6.45) is 0.686. The van der Waals surface area contributed by atoms with Crippen LogP contribution in [0.25, 0.3) is 0 Å². The standard InChI is InChI=1S/C16H16N2O3/c17-12-6-3-5-11(15(12)19)16(20)18-13-8-9-21-14-7-2-1-4-10(13)14/h1-7,13,19H,8-9,17H2,(H,18,20). The minimum Gasteiger partial charge on any atom is -0.505 e. The van der Waals surface area contributed by atoms with Gasteiger partial charge in [0.05, 0.1) is 23.9 Å². The lowest BCUT2D eigenvalue weighted by molar-refractivity contribution is 0.0922. The number of nitrogens with two attached hydrogens (primary N) is 1. The Labute approximate surface area is 122 Å². The summed E-state index contributed by atoms with van der Waals surface area (Å²) in [4.78, 5) is 12.3. The second-order valence-corrected chi connectivity index (χ2v) is 4.94. The number of hydrogen-bond acceptors (Lipinski definition) is 4. The molecule has 0 spiro atoms. The zero-order valence-corrected chi connectivity index (χ0v) is 11.4. The van der Waals surface area contributed by atoms with Crippen molar-refractivity contribution in [3.05, 3.63) is 53.6 Å². The topological polar surface area (TPSA) is 84.6 Å². The summed E-state index contributed by atoms with van der Waals surface area (Å²) in [6, 6.07) is 12.2. The largest absolute Gasteiger partial charge is 0.505 e. The van der Waals surface area contributed by atoms with Crippen molar-refractivity contribution < 1.29 is 14.6 Å². The number of aromatic hydroxyl groups is 1. The number of benzene rings is 2. The van der Waals surface area contributed by atoms with Crippen LogP contribution in [0.3, 0.4) is 0 Å². The number of nitrogens with one attached hydrogen (secondary N) is 1. The minimum absolute atomic E-state index is 0.136. The van der Waals surface area contributed by atoms with E-state index in [9.17, 15) is 9.90 Å². The lowest BCUT2D eigenvalue weighted by Crippen LogP contribution is -2.32. The van der Waals surface area contributed by atoms with Crippen molar-refractivity contribution in [2.75, 3.05) is 12.3 Å². The number of carbonyl (C=O) groups is 1. The lowest BCUT2D eigenvalue weighted by Gasteiger charge is -2.26. The van der Waals surface area contributed by atoms with E-state index in [1.54, 1.807) is 18.2 Å². The molecule has 0 aromatic heterocycles. The highest BCUT2D eigenvalue weighted by atomic mass is 16.5. The molecule has 2 aromatic carbocycles. The minimum atomic E-state index is -0.346. The number of nitrogen functional groups attached to an aromatic ring is 1. The summed E-state index contributed by atoms with van der Waals surface area (Å²) in [5.74, 6) is 0.252. The van der Waals surface area contributed by atoms with E-state index in [1.165, 1.54) is 0 Å². The van der Waals surface area contributed by atoms with E-state index in [2.05, 4.69) is 5.32 Å². The fourth-order valence-corrected chi connectivity index (χ4v) is 2.47. The molecular weight excluding hydrogens is 268 g/mol. The first kappa shape index (κ1) is 13.3. The highest BCUT2D eigenvalue weighted by Gasteiger charge is 2.24. The first-order chi connectivity index (χ1) is 10.2. The van der Waals surface area contributed by atoms with Gasteiger partial charge in [-0.25, -0.2) is 0 Å². The lowest BCUT2D eigenvalue weighted by atomic mass is 10.00. The van der Waals surface area contributed by atoms with Gasteiger partial charge in [0.2, 0.25) is 0 Å². The van der Waals surface area contributed by atoms with Crippen molar-refractivity contribution in [1.82, 2.24) is 5.32 Å². The number of fused-ring (bicyclic) bond motifs is 1. The van der Waals surface area contributed by atoms with E-state index < -0.39 is 0 Å². The number of carbonyl (C=O) groups excluding carboxylic acids is 1. The maximum absolute atomic E-state index is 12.3. The van der Waals surface area contributed by atoms with Crippen LogP contribution in [0.5, 0.6) is 11.5 Å². The monoisotopic (exact) mass is 284 g/mol. The molecule has 5 heteroatoms. The second kappa shape index (κ2) is 5.36. The van der Waals surface area contributed by atoms with Crippen LogP contribution >= 0.6 is 0 Å². The van der Waals surface area contributed by atoms with Gasteiger partial charge in [-0.1, -0.05) is 24.3 Å². The molecule has 0 fully saturated rings. The van der Waals surface area contributed by atoms with E-state index in [0.717, 1.165) is 11.3 Å². The summed E-state index contributed by atoms with van der Waals surface area (Å²) in [7, 11) is 0. The molecule has 1 amide bonds. The van der Waals surface area contributed by atoms with Gasteiger partial charge in [0.1, 0.15) is 5.75 Å². The number of phenolic OH excluding ortho intramolecular Hbond substituents is 1. The van der Waals surface area contributed by atoms with Crippen LogP contribution in [0.15, 0.2) is 42.5 Å². The van der Waals surface area contributed by atoms with Gasteiger partial charge in [0.15, 0.2) is 5.75 Å². The van der Waals surface area contributed by atoms with Crippen LogP contribution in [0.4, 0.5) is 5.69 Å². The molecule has 0 saturated carbocycles. The van der Waals surface area contributed by atoms with E-state index >= 15 is 0 Å². The van der Waals surface area contributed by atoms with Gasteiger partial charge in [0, 0.05) is 12.0 Å². The Kier molecular flexibility index (Phi) is 3.39. The van der Waals surface area contributed by atoms with E-state index in [1.807, 2.05) is 24.3 Å². The Bertz CT molecular complexity index is 685. The van der Waals surface area contributed by atoms with Crippen molar-refractivity contribution >= 4 is 11.6 Å². The number of ether oxygens (including phenoxy) is 1. The molecule has 1 aliphatic rings. The normalized spacial score (nSPS) is 16.7. The van der Waals surface area contributed by atoms with Crippen LogP contribution < -0.4 is 15.8 Å². The average Bonchev–Trinajstić information content (AvgIpc) is 2.50. The quantitative estimate of drug-likeness (QED) is 0.583. The summed E-state index contributed by atoms with van der Waals surface area (Å²) in [6.45, 7) is 0.546. The van der Waals surface area contributed by atoms with Crippen LogP contribution in [0, 0.1) is 0 Å². The summed E-state index contributed by atoms with van der Waals surface area (Å²) in [5, 5.41) is 12.8. The molecule has 21 heavy (non-hydrogen) atoms. The van der Waals surface area contributed by atoms with Crippen LogP contribution in [-0.4, -0.2) is 17.6 Å². The van der Waals surface area contributed by atoms with Crippen molar-refractivity contribution in [2.24, 2.45) is 0 Å².